The maximum atomic E-state index is 12.7. The molecule has 2 heterocycles. The van der Waals surface area contributed by atoms with E-state index in [1.165, 1.54) is 0 Å². The van der Waals surface area contributed by atoms with Crippen molar-refractivity contribution < 1.29 is 9.59 Å². The average molecular weight is 450 g/mol. The second-order valence-electron chi connectivity index (χ2n) is 7.65. The molecule has 164 valence electrons. The molecule has 1 aliphatic heterocycles. The Bertz CT molecular complexity index is 1110. The minimum Gasteiger partial charge on any atom is -0.344 e. The van der Waals surface area contributed by atoms with Gasteiger partial charge in [0.25, 0.3) is 0 Å². The van der Waals surface area contributed by atoms with Gasteiger partial charge in [-0.25, -0.2) is 4.98 Å². The van der Waals surface area contributed by atoms with Crippen LogP contribution in [0.2, 0.25) is 0 Å². The Morgan fingerprint density at radius 2 is 1.81 bits per heavy atom. The first-order valence-corrected chi connectivity index (χ1v) is 10.2. The summed E-state index contributed by atoms with van der Waals surface area (Å²) in [6, 6.07) is 18.8. The number of halogens is 1. The number of nitriles is 1. The van der Waals surface area contributed by atoms with Crippen LogP contribution in [0.4, 0.5) is 0 Å². The number of carbonyl (C=O) groups is 2. The van der Waals surface area contributed by atoms with Gasteiger partial charge < -0.3 is 14.8 Å². The fraction of sp³-hybridized carbons (Fsp3) is 0.250. The number of rotatable bonds is 7. The van der Waals surface area contributed by atoms with Crippen molar-refractivity contribution in [3.05, 3.63) is 89.5 Å². The van der Waals surface area contributed by atoms with Crippen molar-refractivity contribution in [2.75, 3.05) is 6.54 Å². The first-order chi connectivity index (χ1) is 15.1. The third-order valence-corrected chi connectivity index (χ3v) is 5.43. The van der Waals surface area contributed by atoms with Crippen LogP contribution in [-0.2, 0) is 29.1 Å². The van der Waals surface area contributed by atoms with E-state index >= 15 is 0 Å². The van der Waals surface area contributed by atoms with Gasteiger partial charge in [0.2, 0.25) is 11.8 Å². The van der Waals surface area contributed by atoms with E-state index in [0.717, 1.165) is 16.8 Å². The van der Waals surface area contributed by atoms with Gasteiger partial charge >= 0.3 is 0 Å². The zero-order chi connectivity index (χ0) is 21.6. The van der Waals surface area contributed by atoms with Gasteiger partial charge in [-0.15, -0.1) is 12.4 Å². The average Bonchev–Trinajstić information content (AvgIpc) is 3.36. The van der Waals surface area contributed by atoms with E-state index < -0.39 is 6.04 Å². The summed E-state index contributed by atoms with van der Waals surface area (Å²) in [4.78, 5) is 31.2. The van der Waals surface area contributed by atoms with Crippen LogP contribution in [0.3, 0.4) is 0 Å². The Kier molecular flexibility index (Phi) is 7.63. The lowest BCUT2D eigenvalue weighted by atomic mass is 10.1. The largest absolute Gasteiger partial charge is 0.344 e. The lowest BCUT2D eigenvalue weighted by Crippen LogP contribution is -2.42. The van der Waals surface area contributed by atoms with Gasteiger partial charge in [0.15, 0.2) is 0 Å². The van der Waals surface area contributed by atoms with E-state index in [1.54, 1.807) is 29.6 Å². The van der Waals surface area contributed by atoms with E-state index in [1.807, 2.05) is 47.0 Å². The van der Waals surface area contributed by atoms with E-state index in [9.17, 15) is 9.59 Å². The summed E-state index contributed by atoms with van der Waals surface area (Å²) in [5.74, 6) is -0.232. The molecule has 2 aromatic carbocycles. The predicted molar refractivity (Wildman–Crippen MR) is 122 cm³/mol. The molecular weight excluding hydrogens is 426 g/mol. The second kappa shape index (κ2) is 10.6. The molecule has 0 aliphatic carbocycles. The molecule has 32 heavy (non-hydrogen) atoms. The summed E-state index contributed by atoms with van der Waals surface area (Å²) in [6.07, 6.45) is 4.12. The topological polar surface area (TPSA) is 91.0 Å². The number of nitrogens with one attached hydrogen (secondary N) is 1. The number of hydrogen-bond donors (Lipinski definition) is 1. The zero-order valence-corrected chi connectivity index (χ0v) is 18.3. The molecule has 1 fully saturated rings. The lowest BCUT2D eigenvalue weighted by molar-refractivity contribution is -0.132. The summed E-state index contributed by atoms with van der Waals surface area (Å²) in [6.45, 7) is 1.75. The number of nitrogens with zero attached hydrogens (tertiary/aromatic N) is 4. The molecule has 0 bridgehead atoms. The molecule has 4 rings (SSSR count). The Hall–Kier alpha value is -3.63. The van der Waals surface area contributed by atoms with E-state index in [0.29, 0.717) is 31.6 Å². The normalized spacial score (nSPS) is 15.2. The Morgan fingerprint density at radius 1 is 1.09 bits per heavy atom. The van der Waals surface area contributed by atoms with E-state index in [-0.39, 0.29) is 30.6 Å². The minimum absolute atomic E-state index is 0. The second-order valence-corrected chi connectivity index (χ2v) is 7.65. The molecule has 0 unspecified atom stereocenters. The first-order valence-electron chi connectivity index (χ1n) is 10.2. The fourth-order valence-corrected chi connectivity index (χ4v) is 3.76. The van der Waals surface area contributed by atoms with Gasteiger partial charge in [0, 0.05) is 31.5 Å². The smallest absolute Gasteiger partial charge is 0.245 e. The molecule has 2 amide bonds. The molecule has 0 radical (unpaired) electrons. The standard InChI is InChI=1S/C24H23N5O2.ClH/c25-13-18-6-8-20(9-7-18)16-29-17-26-14-21(29)12-23(30)27-22-10-11-28(24(22)31)15-19-4-2-1-3-5-19;/h1-9,14,17,22H,10-12,15-16H2,(H,27,30);1H/t22-;/m1./s1. The molecule has 1 saturated heterocycles. The summed E-state index contributed by atoms with van der Waals surface area (Å²) in [5, 5.41) is 11.8. The Morgan fingerprint density at radius 3 is 2.53 bits per heavy atom. The molecule has 1 aromatic heterocycles. The maximum absolute atomic E-state index is 12.7. The third kappa shape index (κ3) is 5.54. The Labute approximate surface area is 193 Å². The highest BCUT2D eigenvalue weighted by molar-refractivity contribution is 5.89. The van der Waals surface area contributed by atoms with Crippen LogP contribution in [0.1, 0.15) is 28.8 Å². The van der Waals surface area contributed by atoms with Gasteiger partial charge in [-0.05, 0) is 29.7 Å². The van der Waals surface area contributed by atoms with Crippen molar-refractivity contribution in [3.8, 4) is 6.07 Å². The molecule has 3 aromatic rings. The number of amides is 2. The quantitative estimate of drug-likeness (QED) is 0.600. The molecule has 0 saturated carbocycles. The molecular formula is C24H24ClN5O2. The van der Waals surface area contributed by atoms with Gasteiger partial charge in [-0.1, -0.05) is 42.5 Å². The van der Waals surface area contributed by atoms with Crippen LogP contribution < -0.4 is 5.32 Å². The molecule has 1 aliphatic rings. The molecule has 8 heteroatoms. The summed E-state index contributed by atoms with van der Waals surface area (Å²) >= 11 is 0. The van der Waals surface area contributed by atoms with Crippen LogP contribution in [0.5, 0.6) is 0 Å². The summed E-state index contributed by atoms with van der Waals surface area (Å²) in [7, 11) is 0. The summed E-state index contributed by atoms with van der Waals surface area (Å²) in [5.41, 5.74) is 3.47. The van der Waals surface area contributed by atoms with Crippen LogP contribution >= 0.6 is 12.4 Å². The highest BCUT2D eigenvalue weighted by Gasteiger charge is 2.32. The molecule has 1 N–H and O–H groups in total. The van der Waals surface area contributed by atoms with Crippen LogP contribution in [0.15, 0.2) is 67.1 Å². The van der Waals surface area contributed by atoms with Gasteiger partial charge in [-0.2, -0.15) is 5.26 Å². The third-order valence-electron chi connectivity index (χ3n) is 5.43. The van der Waals surface area contributed by atoms with Crippen LogP contribution in [0, 0.1) is 11.3 Å². The van der Waals surface area contributed by atoms with Gasteiger partial charge in [-0.3, -0.25) is 9.59 Å². The van der Waals surface area contributed by atoms with E-state index in [2.05, 4.69) is 16.4 Å². The van der Waals surface area contributed by atoms with Crippen LogP contribution in [0.25, 0.3) is 0 Å². The minimum atomic E-state index is -0.480. The molecule has 1 atom stereocenters. The van der Waals surface area contributed by atoms with Gasteiger partial charge in [0.05, 0.1) is 24.4 Å². The maximum Gasteiger partial charge on any atom is 0.245 e. The number of hydrogen-bond acceptors (Lipinski definition) is 4. The number of likely N-dealkylation sites (tertiary alicyclic amines) is 1. The predicted octanol–water partition coefficient (Wildman–Crippen LogP) is 2.68. The first kappa shape index (κ1) is 23.0. The van der Waals surface area contributed by atoms with Crippen molar-refractivity contribution in [1.29, 1.82) is 5.26 Å². The zero-order valence-electron chi connectivity index (χ0n) is 17.5. The van der Waals surface area contributed by atoms with Crippen molar-refractivity contribution in [2.24, 2.45) is 0 Å². The highest BCUT2D eigenvalue weighted by atomic mass is 35.5. The number of benzene rings is 2. The fourth-order valence-electron chi connectivity index (χ4n) is 3.76. The molecule has 7 nitrogen and oxygen atoms in total. The van der Waals surface area contributed by atoms with Crippen LogP contribution in [-0.4, -0.2) is 38.9 Å². The van der Waals surface area contributed by atoms with Gasteiger partial charge in [0.1, 0.15) is 6.04 Å². The number of imidazole rings is 1. The number of carbonyl (C=O) groups excluding carboxylic acids is 2. The van der Waals surface area contributed by atoms with Crippen molar-refractivity contribution in [3.63, 3.8) is 0 Å². The van der Waals surface area contributed by atoms with Crippen molar-refractivity contribution in [1.82, 2.24) is 19.8 Å². The SMILES string of the molecule is Cl.N#Cc1ccc(Cn2cncc2CC(=O)N[C@@H]2CCN(Cc3ccccc3)C2=O)cc1. The summed E-state index contributed by atoms with van der Waals surface area (Å²) < 4.78 is 1.90. The van der Waals surface area contributed by atoms with Crippen molar-refractivity contribution in [2.45, 2.75) is 32.0 Å². The Balaban J connectivity index is 0.00000289. The molecule has 0 spiro atoms. The monoisotopic (exact) mass is 449 g/mol. The van der Waals surface area contributed by atoms with E-state index in [4.69, 9.17) is 5.26 Å². The van der Waals surface area contributed by atoms with Crippen molar-refractivity contribution >= 4 is 24.2 Å². The highest BCUT2D eigenvalue weighted by Crippen LogP contribution is 2.16. The number of aromatic nitrogens is 2. The lowest BCUT2D eigenvalue weighted by Gasteiger charge is -2.17.